The van der Waals surface area contributed by atoms with Crippen molar-refractivity contribution in [2.45, 2.75) is 26.3 Å². The van der Waals surface area contributed by atoms with Gasteiger partial charge in [-0.05, 0) is 55.7 Å². The van der Waals surface area contributed by atoms with E-state index in [1.54, 1.807) is 12.1 Å². The van der Waals surface area contributed by atoms with Crippen LogP contribution in [0.1, 0.15) is 37.5 Å². The van der Waals surface area contributed by atoms with E-state index in [0.29, 0.717) is 5.56 Å². The van der Waals surface area contributed by atoms with Crippen molar-refractivity contribution in [3.05, 3.63) is 77.6 Å². The van der Waals surface area contributed by atoms with Gasteiger partial charge in [0.1, 0.15) is 5.82 Å². The van der Waals surface area contributed by atoms with Gasteiger partial charge in [0, 0.05) is 0 Å². The number of allylic oxidation sites excluding steroid dienone is 1. The van der Waals surface area contributed by atoms with Gasteiger partial charge in [0.15, 0.2) is 0 Å². The Kier molecular flexibility index (Phi) is 5.70. The second-order valence-corrected chi connectivity index (χ2v) is 6.36. The van der Waals surface area contributed by atoms with E-state index in [0.717, 1.165) is 16.7 Å². The first-order valence-electron chi connectivity index (χ1n) is 7.91. The van der Waals surface area contributed by atoms with E-state index >= 15 is 0 Å². The molecule has 0 heterocycles. The van der Waals surface area contributed by atoms with Gasteiger partial charge in [0.2, 0.25) is 0 Å². The summed E-state index contributed by atoms with van der Waals surface area (Å²) in [5.74, 6) is -0.318. The van der Waals surface area contributed by atoms with Crippen LogP contribution >= 0.6 is 0 Å². The highest BCUT2D eigenvalue weighted by Crippen LogP contribution is 2.23. The van der Waals surface area contributed by atoms with Crippen LogP contribution in [0.3, 0.4) is 0 Å². The highest BCUT2D eigenvalue weighted by atomic mass is 19.1. The molecule has 2 aromatic carbocycles. The van der Waals surface area contributed by atoms with Crippen LogP contribution in [0.15, 0.2) is 60.2 Å². The molecule has 0 aliphatic rings. The van der Waals surface area contributed by atoms with Crippen LogP contribution in [0.25, 0.3) is 5.57 Å². The summed E-state index contributed by atoms with van der Waals surface area (Å²) in [5, 5.41) is 6.75. The number of urea groups is 1. The van der Waals surface area contributed by atoms with E-state index in [1.807, 2.05) is 45.0 Å². The standard InChI is InChI=1S/C20H22FN3O/c1-14(2)16-6-5-7-17(12-16)20(3,4)23-19(25)24-22-13-15-8-10-18(21)11-9-15/h5-13H,1H2,2-4H3,(H2,23,24,25). The number of benzene rings is 2. The predicted molar refractivity (Wildman–Crippen MR) is 99.8 cm³/mol. The molecule has 2 amide bonds. The van der Waals surface area contributed by atoms with Crippen LogP contribution in [0.5, 0.6) is 0 Å². The first-order valence-corrected chi connectivity index (χ1v) is 7.91. The minimum atomic E-state index is -0.582. The van der Waals surface area contributed by atoms with Crippen LogP contribution in [-0.4, -0.2) is 12.2 Å². The fraction of sp³-hybridized carbons (Fsp3) is 0.200. The lowest BCUT2D eigenvalue weighted by Gasteiger charge is -2.27. The molecule has 0 saturated carbocycles. The van der Waals surface area contributed by atoms with Crippen molar-refractivity contribution in [2.75, 3.05) is 0 Å². The highest BCUT2D eigenvalue weighted by molar-refractivity contribution is 5.82. The van der Waals surface area contributed by atoms with Crippen LogP contribution in [0, 0.1) is 5.82 Å². The molecule has 5 heteroatoms. The number of hydrogen-bond acceptors (Lipinski definition) is 2. The Morgan fingerprint density at radius 1 is 1.20 bits per heavy atom. The molecule has 130 valence electrons. The Hall–Kier alpha value is -2.95. The SMILES string of the molecule is C=C(C)c1cccc(C(C)(C)NC(=O)NN=Cc2ccc(F)cc2)c1. The number of hydrogen-bond donors (Lipinski definition) is 2. The maximum Gasteiger partial charge on any atom is 0.335 e. The van der Waals surface area contributed by atoms with Gasteiger partial charge in [-0.3, -0.25) is 0 Å². The summed E-state index contributed by atoms with van der Waals surface area (Å²) in [6.45, 7) is 9.70. The van der Waals surface area contributed by atoms with Crippen LogP contribution in [0.2, 0.25) is 0 Å². The molecule has 2 rings (SSSR count). The maximum absolute atomic E-state index is 12.8. The summed E-state index contributed by atoms with van der Waals surface area (Å²) in [6.07, 6.45) is 1.45. The van der Waals surface area contributed by atoms with Gasteiger partial charge in [0.05, 0.1) is 11.8 Å². The normalized spacial score (nSPS) is 11.4. The molecule has 0 aromatic heterocycles. The predicted octanol–water partition coefficient (Wildman–Crippen LogP) is 4.43. The van der Waals surface area contributed by atoms with Crippen LogP contribution in [0.4, 0.5) is 9.18 Å². The highest BCUT2D eigenvalue weighted by Gasteiger charge is 2.23. The monoisotopic (exact) mass is 339 g/mol. The quantitative estimate of drug-likeness (QED) is 0.614. The molecule has 0 radical (unpaired) electrons. The zero-order chi connectivity index (χ0) is 18.4. The van der Waals surface area contributed by atoms with Crippen molar-refractivity contribution in [2.24, 2.45) is 5.10 Å². The van der Waals surface area contributed by atoms with Gasteiger partial charge in [-0.15, -0.1) is 0 Å². The summed E-state index contributed by atoms with van der Waals surface area (Å²) < 4.78 is 12.8. The molecular weight excluding hydrogens is 317 g/mol. The molecule has 4 nitrogen and oxygen atoms in total. The third-order valence-corrected chi connectivity index (χ3v) is 3.75. The number of carbonyl (C=O) groups excluding carboxylic acids is 1. The molecule has 0 unspecified atom stereocenters. The van der Waals surface area contributed by atoms with E-state index in [1.165, 1.54) is 18.3 Å². The fourth-order valence-corrected chi connectivity index (χ4v) is 2.27. The lowest BCUT2D eigenvalue weighted by molar-refractivity contribution is 0.230. The molecule has 0 bridgehead atoms. The van der Waals surface area contributed by atoms with E-state index in [-0.39, 0.29) is 5.82 Å². The summed E-state index contributed by atoms with van der Waals surface area (Å²) in [7, 11) is 0. The summed E-state index contributed by atoms with van der Waals surface area (Å²) in [4.78, 5) is 12.1. The average molecular weight is 339 g/mol. The van der Waals surface area contributed by atoms with E-state index in [9.17, 15) is 9.18 Å². The van der Waals surface area contributed by atoms with Crippen molar-refractivity contribution < 1.29 is 9.18 Å². The number of nitrogens with zero attached hydrogens (tertiary/aromatic N) is 1. The number of nitrogens with one attached hydrogen (secondary N) is 2. The molecule has 0 aliphatic carbocycles. The molecule has 0 saturated heterocycles. The topological polar surface area (TPSA) is 53.5 Å². The Balaban J connectivity index is 1.99. The van der Waals surface area contributed by atoms with E-state index < -0.39 is 11.6 Å². The maximum atomic E-state index is 12.8. The second-order valence-electron chi connectivity index (χ2n) is 6.36. The molecule has 0 aliphatic heterocycles. The molecular formula is C20H22FN3O. The lowest BCUT2D eigenvalue weighted by Crippen LogP contribution is -2.45. The molecule has 25 heavy (non-hydrogen) atoms. The Morgan fingerprint density at radius 3 is 2.52 bits per heavy atom. The van der Waals surface area contributed by atoms with Gasteiger partial charge in [-0.1, -0.05) is 42.5 Å². The number of hydrazone groups is 1. The fourth-order valence-electron chi connectivity index (χ4n) is 2.27. The Bertz CT molecular complexity index is 795. The summed E-state index contributed by atoms with van der Waals surface area (Å²) >= 11 is 0. The third kappa shape index (κ3) is 5.28. The first-order chi connectivity index (χ1) is 11.8. The average Bonchev–Trinajstić information content (AvgIpc) is 2.56. The van der Waals surface area contributed by atoms with Crippen LogP contribution < -0.4 is 10.7 Å². The number of carbonyl (C=O) groups is 1. The van der Waals surface area contributed by atoms with Gasteiger partial charge >= 0.3 is 6.03 Å². The number of rotatable bonds is 5. The van der Waals surface area contributed by atoms with E-state index in [2.05, 4.69) is 22.4 Å². The molecule has 0 atom stereocenters. The van der Waals surface area contributed by atoms with Crippen molar-refractivity contribution in [1.29, 1.82) is 0 Å². The van der Waals surface area contributed by atoms with Gasteiger partial charge in [0.25, 0.3) is 0 Å². The first kappa shape index (κ1) is 18.4. The zero-order valence-electron chi connectivity index (χ0n) is 14.6. The van der Waals surface area contributed by atoms with Gasteiger partial charge in [-0.2, -0.15) is 5.10 Å². The largest absolute Gasteiger partial charge is 0.335 e. The van der Waals surface area contributed by atoms with Crippen molar-refractivity contribution in [1.82, 2.24) is 10.7 Å². The second kappa shape index (κ2) is 7.75. The van der Waals surface area contributed by atoms with Crippen molar-refractivity contribution in [3.63, 3.8) is 0 Å². The van der Waals surface area contributed by atoms with Crippen molar-refractivity contribution in [3.8, 4) is 0 Å². The Labute approximate surface area is 147 Å². The summed E-state index contributed by atoms with van der Waals surface area (Å²) in [5.41, 5.74) is 5.48. The lowest BCUT2D eigenvalue weighted by atomic mass is 9.92. The molecule has 2 aromatic rings. The molecule has 0 spiro atoms. The van der Waals surface area contributed by atoms with Gasteiger partial charge < -0.3 is 5.32 Å². The smallest absolute Gasteiger partial charge is 0.328 e. The summed E-state index contributed by atoms with van der Waals surface area (Å²) in [6, 6.07) is 13.3. The number of halogens is 1. The minimum absolute atomic E-state index is 0.318. The minimum Gasteiger partial charge on any atom is -0.328 e. The van der Waals surface area contributed by atoms with E-state index in [4.69, 9.17) is 0 Å². The van der Waals surface area contributed by atoms with Gasteiger partial charge in [-0.25, -0.2) is 14.6 Å². The Morgan fingerprint density at radius 2 is 1.88 bits per heavy atom. The molecule has 2 N–H and O–H groups in total. The third-order valence-electron chi connectivity index (χ3n) is 3.75. The van der Waals surface area contributed by atoms with Crippen molar-refractivity contribution >= 4 is 17.8 Å². The van der Waals surface area contributed by atoms with Crippen LogP contribution in [-0.2, 0) is 5.54 Å². The zero-order valence-corrected chi connectivity index (χ0v) is 14.6. The number of amides is 2. The molecule has 0 fully saturated rings.